The summed E-state index contributed by atoms with van der Waals surface area (Å²) < 4.78 is 11.8. The highest BCUT2D eigenvalue weighted by atomic mass is 79.9. The second-order valence-electron chi connectivity index (χ2n) is 4.94. The fourth-order valence-corrected chi connectivity index (χ4v) is 2.84. The van der Waals surface area contributed by atoms with Crippen LogP contribution in [0.5, 0.6) is 0 Å². The zero-order chi connectivity index (χ0) is 17.4. The van der Waals surface area contributed by atoms with Crippen LogP contribution >= 0.6 is 31.9 Å². The quantitative estimate of drug-likeness (QED) is 0.435. The molecule has 0 aliphatic carbocycles. The van der Waals surface area contributed by atoms with E-state index < -0.39 is 0 Å². The molecule has 0 atom stereocenters. The first kappa shape index (κ1) is 18.7. The predicted molar refractivity (Wildman–Crippen MR) is 98.1 cm³/mol. The average Bonchev–Trinajstić information content (AvgIpc) is 2.58. The SMILES string of the molecule is O=C(OCCCCOC(=O)c1ccccc1Br)c1ccccc1Br. The third kappa shape index (κ3) is 5.46. The van der Waals surface area contributed by atoms with E-state index in [1.54, 1.807) is 36.4 Å². The molecule has 0 aromatic heterocycles. The molecule has 0 radical (unpaired) electrons. The molecular formula is C18H16Br2O4. The summed E-state index contributed by atoms with van der Waals surface area (Å²) in [7, 11) is 0. The van der Waals surface area contributed by atoms with E-state index in [0.717, 1.165) is 0 Å². The van der Waals surface area contributed by atoms with Gasteiger partial charge in [-0.2, -0.15) is 0 Å². The first-order valence-corrected chi connectivity index (χ1v) is 9.01. The Kier molecular flexibility index (Phi) is 7.46. The minimum Gasteiger partial charge on any atom is -0.462 e. The summed E-state index contributed by atoms with van der Waals surface area (Å²) in [5.74, 6) is -0.736. The van der Waals surface area contributed by atoms with Gasteiger partial charge in [-0.3, -0.25) is 0 Å². The van der Waals surface area contributed by atoms with Crippen LogP contribution in [-0.4, -0.2) is 25.2 Å². The third-order valence-electron chi connectivity index (χ3n) is 3.19. The van der Waals surface area contributed by atoms with Gasteiger partial charge < -0.3 is 9.47 Å². The van der Waals surface area contributed by atoms with Gasteiger partial charge in [-0.05, 0) is 69.0 Å². The van der Waals surface area contributed by atoms with Crippen molar-refractivity contribution in [2.75, 3.05) is 13.2 Å². The lowest BCUT2D eigenvalue weighted by Gasteiger charge is -2.07. The Bertz CT molecular complexity index is 654. The number of hydrogen-bond acceptors (Lipinski definition) is 4. The fourth-order valence-electron chi connectivity index (χ4n) is 1.94. The monoisotopic (exact) mass is 454 g/mol. The molecule has 0 amide bonds. The zero-order valence-electron chi connectivity index (χ0n) is 12.8. The maximum atomic E-state index is 11.9. The van der Waals surface area contributed by atoms with E-state index in [1.165, 1.54) is 0 Å². The Morgan fingerprint density at radius 2 is 1.08 bits per heavy atom. The van der Waals surface area contributed by atoms with E-state index in [1.807, 2.05) is 12.1 Å². The van der Waals surface area contributed by atoms with Crippen molar-refractivity contribution in [1.82, 2.24) is 0 Å². The zero-order valence-corrected chi connectivity index (χ0v) is 16.0. The minimum atomic E-state index is -0.368. The van der Waals surface area contributed by atoms with Gasteiger partial charge >= 0.3 is 11.9 Å². The molecule has 0 saturated heterocycles. The van der Waals surface area contributed by atoms with Gasteiger partial charge in [0.1, 0.15) is 0 Å². The largest absolute Gasteiger partial charge is 0.462 e. The predicted octanol–water partition coefficient (Wildman–Crippen LogP) is 5.01. The molecule has 2 aromatic rings. The van der Waals surface area contributed by atoms with E-state index in [2.05, 4.69) is 31.9 Å². The normalized spacial score (nSPS) is 10.2. The highest BCUT2D eigenvalue weighted by Gasteiger charge is 2.11. The molecule has 0 aliphatic heterocycles. The lowest BCUT2D eigenvalue weighted by atomic mass is 10.2. The summed E-state index contributed by atoms with van der Waals surface area (Å²) >= 11 is 6.62. The molecule has 0 aliphatic rings. The molecule has 126 valence electrons. The van der Waals surface area contributed by atoms with Crippen LogP contribution in [0.3, 0.4) is 0 Å². The molecule has 0 N–H and O–H groups in total. The first-order chi connectivity index (χ1) is 11.6. The van der Waals surface area contributed by atoms with Crippen LogP contribution in [0, 0.1) is 0 Å². The number of esters is 2. The molecule has 0 fully saturated rings. The van der Waals surface area contributed by atoms with Crippen LogP contribution in [-0.2, 0) is 9.47 Å². The summed E-state index contributed by atoms with van der Waals surface area (Å²) in [6, 6.07) is 14.2. The van der Waals surface area contributed by atoms with Gasteiger partial charge in [0.2, 0.25) is 0 Å². The van der Waals surface area contributed by atoms with Crippen LogP contribution in [0.4, 0.5) is 0 Å². The van der Waals surface area contributed by atoms with Crippen molar-refractivity contribution >= 4 is 43.8 Å². The maximum absolute atomic E-state index is 11.9. The molecule has 4 nitrogen and oxygen atoms in total. The van der Waals surface area contributed by atoms with Crippen molar-refractivity contribution in [3.63, 3.8) is 0 Å². The number of hydrogen-bond donors (Lipinski definition) is 0. The van der Waals surface area contributed by atoms with Gasteiger partial charge in [0, 0.05) is 8.95 Å². The number of benzene rings is 2. The molecule has 6 heteroatoms. The number of halogens is 2. The Labute approximate surface area is 157 Å². The van der Waals surface area contributed by atoms with Crippen LogP contribution in [0.1, 0.15) is 33.6 Å². The van der Waals surface area contributed by atoms with Crippen LogP contribution in [0.25, 0.3) is 0 Å². The molecule has 0 heterocycles. The van der Waals surface area contributed by atoms with Crippen molar-refractivity contribution in [2.45, 2.75) is 12.8 Å². The summed E-state index contributed by atoms with van der Waals surface area (Å²) in [5.41, 5.74) is 0.996. The summed E-state index contributed by atoms with van der Waals surface area (Å²) in [6.07, 6.45) is 1.25. The van der Waals surface area contributed by atoms with Crippen molar-refractivity contribution < 1.29 is 19.1 Å². The lowest BCUT2D eigenvalue weighted by molar-refractivity contribution is 0.0431. The Balaban J connectivity index is 1.65. The fraction of sp³-hybridized carbons (Fsp3) is 0.222. The van der Waals surface area contributed by atoms with Crippen molar-refractivity contribution in [1.29, 1.82) is 0 Å². The number of rotatable bonds is 7. The highest BCUT2D eigenvalue weighted by molar-refractivity contribution is 9.10. The van der Waals surface area contributed by atoms with E-state index in [-0.39, 0.29) is 25.2 Å². The minimum absolute atomic E-state index is 0.284. The van der Waals surface area contributed by atoms with Gasteiger partial charge in [0.15, 0.2) is 0 Å². The molecule has 0 unspecified atom stereocenters. The number of carbonyl (C=O) groups excluding carboxylic acids is 2. The van der Waals surface area contributed by atoms with E-state index >= 15 is 0 Å². The van der Waals surface area contributed by atoms with Gasteiger partial charge in [0.05, 0.1) is 24.3 Å². The number of carbonyl (C=O) groups is 2. The Morgan fingerprint density at radius 1 is 0.708 bits per heavy atom. The van der Waals surface area contributed by atoms with E-state index in [0.29, 0.717) is 32.9 Å². The van der Waals surface area contributed by atoms with E-state index in [4.69, 9.17) is 9.47 Å². The van der Waals surface area contributed by atoms with Crippen molar-refractivity contribution in [3.05, 3.63) is 68.6 Å². The van der Waals surface area contributed by atoms with Crippen LogP contribution < -0.4 is 0 Å². The number of ether oxygens (including phenoxy) is 2. The average molecular weight is 456 g/mol. The summed E-state index contributed by atoms with van der Waals surface area (Å²) in [6.45, 7) is 0.569. The second kappa shape index (κ2) is 9.59. The molecular weight excluding hydrogens is 440 g/mol. The van der Waals surface area contributed by atoms with E-state index in [9.17, 15) is 9.59 Å². The van der Waals surface area contributed by atoms with Crippen LogP contribution in [0.2, 0.25) is 0 Å². The van der Waals surface area contributed by atoms with Gasteiger partial charge in [0.25, 0.3) is 0 Å². The molecule has 0 spiro atoms. The summed E-state index contributed by atoms with van der Waals surface area (Å²) in [4.78, 5) is 23.8. The van der Waals surface area contributed by atoms with Gasteiger partial charge in [-0.25, -0.2) is 9.59 Å². The van der Waals surface area contributed by atoms with Gasteiger partial charge in [-0.15, -0.1) is 0 Å². The Morgan fingerprint density at radius 3 is 1.46 bits per heavy atom. The third-order valence-corrected chi connectivity index (χ3v) is 4.58. The molecule has 2 rings (SSSR count). The van der Waals surface area contributed by atoms with Gasteiger partial charge in [-0.1, -0.05) is 24.3 Å². The standard InChI is InChI=1S/C18H16Br2O4/c19-15-9-3-1-7-13(15)17(21)23-11-5-6-12-24-18(22)14-8-2-4-10-16(14)20/h1-4,7-10H,5-6,11-12H2. The topological polar surface area (TPSA) is 52.6 Å². The van der Waals surface area contributed by atoms with Crippen molar-refractivity contribution in [3.8, 4) is 0 Å². The smallest absolute Gasteiger partial charge is 0.339 e. The maximum Gasteiger partial charge on any atom is 0.339 e. The lowest BCUT2D eigenvalue weighted by Crippen LogP contribution is -2.10. The number of unbranched alkanes of at least 4 members (excludes halogenated alkanes) is 1. The second-order valence-corrected chi connectivity index (χ2v) is 6.65. The molecule has 24 heavy (non-hydrogen) atoms. The Hall–Kier alpha value is -1.66. The van der Waals surface area contributed by atoms with Crippen LogP contribution in [0.15, 0.2) is 57.5 Å². The highest BCUT2D eigenvalue weighted by Crippen LogP contribution is 2.18. The summed E-state index contributed by atoms with van der Waals surface area (Å²) in [5, 5.41) is 0. The molecule has 0 saturated carbocycles. The molecule has 2 aromatic carbocycles. The van der Waals surface area contributed by atoms with Crippen molar-refractivity contribution in [2.24, 2.45) is 0 Å². The first-order valence-electron chi connectivity index (χ1n) is 7.43. The molecule has 0 bridgehead atoms.